The van der Waals surface area contributed by atoms with Crippen molar-refractivity contribution in [1.82, 2.24) is 5.01 Å². The zero-order valence-electron chi connectivity index (χ0n) is 11.0. The second-order valence-electron chi connectivity index (χ2n) is 4.49. The Bertz CT molecular complexity index is 603. The smallest absolute Gasteiger partial charge is 0.147 e. The molecule has 0 atom stereocenters. The van der Waals surface area contributed by atoms with E-state index in [0.29, 0.717) is 0 Å². The monoisotopic (exact) mass is 334 g/mol. The van der Waals surface area contributed by atoms with E-state index in [1.54, 1.807) is 6.21 Å². The van der Waals surface area contributed by atoms with Crippen molar-refractivity contribution in [2.45, 2.75) is 0 Å². The minimum Gasteiger partial charge on any atom is -0.455 e. The molecular formula is C15H15BrN2O2. The first kappa shape index (κ1) is 13.4. The van der Waals surface area contributed by atoms with Crippen LogP contribution < -0.4 is 0 Å². The fourth-order valence-corrected chi connectivity index (χ4v) is 2.52. The standard InChI is InChI=1S/C15H15BrN2O2/c16-14-4-2-1-3-13(14)15-6-5-12(20-15)11-17-18-7-9-19-10-8-18/h1-6,11H,7-10H2/b17-11-. The average molecular weight is 335 g/mol. The van der Waals surface area contributed by atoms with Gasteiger partial charge in [0.05, 0.1) is 32.5 Å². The van der Waals surface area contributed by atoms with Gasteiger partial charge >= 0.3 is 0 Å². The summed E-state index contributed by atoms with van der Waals surface area (Å²) in [6.07, 6.45) is 1.76. The van der Waals surface area contributed by atoms with Gasteiger partial charge in [0.15, 0.2) is 0 Å². The van der Waals surface area contributed by atoms with Crippen LogP contribution in [0.4, 0.5) is 0 Å². The quantitative estimate of drug-likeness (QED) is 0.807. The number of hydrogen-bond donors (Lipinski definition) is 0. The molecule has 4 nitrogen and oxygen atoms in total. The van der Waals surface area contributed by atoms with Gasteiger partial charge in [0, 0.05) is 10.0 Å². The number of benzene rings is 1. The maximum atomic E-state index is 5.80. The Morgan fingerprint density at radius 1 is 1.10 bits per heavy atom. The van der Waals surface area contributed by atoms with Crippen LogP contribution in [0, 0.1) is 0 Å². The van der Waals surface area contributed by atoms with E-state index in [2.05, 4.69) is 21.0 Å². The molecule has 1 saturated heterocycles. The fourth-order valence-electron chi connectivity index (χ4n) is 2.04. The highest BCUT2D eigenvalue weighted by Crippen LogP contribution is 2.28. The topological polar surface area (TPSA) is 38.0 Å². The van der Waals surface area contributed by atoms with Crippen molar-refractivity contribution in [2.24, 2.45) is 5.10 Å². The Balaban J connectivity index is 1.73. The summed E-state index contributed by atoms with van der Waals surface area (Å²) in [7, 11) is 0. The Morgan fingerprint density at radius 2 is 1.90 bits per heavy atom. The molecule has 104 valence electrons. The Labute approximate surface area is 126 Å². The minimum absolute atomic E-state index is 0.734. The van der Waals surface area contributed by atoms with Crippen LogP contribution in [0.2, 0.25) is 0 Å². The lowest BCUT2D eigenvalue weighted by Gasteiger charge is -2.23. The molecule has 0 amide bonds. The van der Waals surface area contributed by atoms with E-state index in [4.69, 9.17) is 9.15 Å². The van der Waals surface area contributed by atoms with E-state index >= 15 is 0 Å². The van der Waals surface area contributed by atoms with E-state index in [1.807, 2.05) is 41.4 Å². The van der Waals surface area contributed by atoms with Gasteiger partial charge in [0.2, 0.25) is 0 Å². The van der Waals surface area contributed by atoms with E-state index < -0.39 is 0 Å². The lowest BCUT2D eigenvalue weighted by molar-refractivity contribution is 0.0396. The summed E-state index contributed by atoms with van der Waals surface area (Å²) < 4.78 is 12.1. The molecule has 5 heteroatoms. The predicted molar refractivity (Wildman–Crippen MR) is 81.8 cm³/mol. The van der Waals surface area contributed by atoms with Crippen LogP contribution in [0.1, 0.15) is 5.76 Å². The summed E-state index contributed by atoms with van der Waals surface area (Å²) in [4.78, 5) is 0. The normalized spacial score (nSPS) is 15.9. The molecule has 2 aromatic rings. The largest absolute Gasteiger partial charge is 0.455 e. The first-order valence-electron chi connectivity index (χ1n) is 6.54. The highest BCUT2D eigenvalue weighted by molar-refractivity contribution is 9.10. The van der Waals surface area contributed by atoms with E-state index in [-0.39, 0.29) is 0 Å². The number of halogens is 1. The zero-order chi connectivity index (χ0) is 13.8. The van der Waals surface area contributed by atoms with Crippen molar-refractivity contribution in [3.8, 4) is 11.3 Å². The predicted octanol–water partition coefficient (Wildman–Crippen LogP) is 3.38. The number of furan rings is 1. The van der Waals surface area contributed by atoms with Crippen LogP contribution in [0.15, 0.2) is 50.4 Å². The number of rotatable bonds is 3. The number of nitrogens with zero attached hydrogens (tertiary/aromatic N) is 2. The van der Waals surface area contributed by atoms with Crippen molar-refractivity contribution in [3.63, 3.8) is 0 Å². The second kappa shape index (κ2) is 6.24. The second-order valence-corrected chi connectivity index (χ2v) is 5.35. The van der Waals surface area contributed by atoms with Gasteiger partial charge in [-0.05, 0) is 18.2 Å². The Kier molecular flexibility index (Phi) is 4.18. The number of hydrogen-bond acceptors (Lipinski definition) is 4. The summed E-state index contributed by atoms with van der Waals surface area (Å²) in [5.41, 5.74) is 1.04. The summed E-state index contributed by atoms with van der Waals surface area (Å²) in [6, 6.07) is 11.9. The molecule has 0 bridgehead atoms. The molecule has 20 heavy (non-hydrogen) atoms. The van der Waals surface area contributed by atoms with Gasteiger partial charge in [0.1, 0.15) is 11.5 Å². The molecule has 0 saturated carbocycles. The van der Waals surface area contributed by atoms with Crippen molar-refractivity contribution in [1.29, 1.82) is 0 Å². The third kappa shape index (κ3) is 3.11. The molecule has 0 unspecified atom stereocenters. The summed E-state index contributed by atoms with van der Waals surface area (Å²) in [5, 5.41) is 6.40. The first-order chi connectivity index (χ1) is 9.83. The molecule has 0 aliphatic carbocycles. The lowest BCUT2D eigenvalue weighted by atomic mass is 10.2. The van der Waals surface area contributed by atoms with Gasteiger partial charge in [-0.3, -0.25) is 5.01 Å². The fraction of sp³-hybridized carbons (Fsp3) is 0.267. The molecule has 1 fully saturated rings. The molecule has 1 aliphatic heterocycles. The summed E-state index contributed by atoms with van der Waals surface area (Å²) >= 11 is 3.53. The van der Waals surface area contributed by atoms with Crippen molar-refractivity contribution < 1.29 is 9.15 Å². The first-order valence-corrected chi connectivity index (χ1v) is 7.33. The molecule has 0 radical (unpaired) electrons. The molecule has 1 aliphatic rings. The molecule has 0 spiro atoms. The van der Waals surface area contributed by atoms with Gasteiger partial charge in [-0.15, -0.1) is 0 Å². The van der Waals surface area contributed by atoms with Crippen LogP contribution >= 0.6 is 15.9 Å². The maximum Gasteiger partial charge on any atom is 0.147 e. The molecule has 3 rings (SSSR count). The number of ether oxygens (including phenoxy) is 1. The van der Waals surface area contributed by atoms with Crippen LogP contribution in [0.5, 0.6) is 0 Å². The van der Waals surface area contributed by atoms with Crippen molar-refractivity contribution in [2.75, 3.05) is 26.3 Å². The zero-order valence-corrected chi connectivity index (χ0v) is 12.5. The number of morpholine rings is 1. The third-order valence-electron chi connectivity index (χ3n) is 3.10. The SMILES string of the molecule is Brc1ccccc1-c1ccc(/C=N\N2CCOCC2)o1. The lowest BCUT2D eigenvalue weighted by Crippen LogP contribution is -2.32. The van der Waals surface area contributed by atoms with E-state index in [0.717, 1.165) is 47.9 Å². The van der Waals surface area contributed by atoms with Gasteiger partial charge in [-0.25, -0.2) is 0 Å². The summed E-state index contributed by atoms with van der Waals surface area (Å²) in [5.74, 6) is 1.59. The van der Waals surface area contributed by atoms with Crippen LogP contribution in [-0.4, -0.2) is 37.5 Å². The van der Waals surface area contributed by atoms with Gasteiger partial charge in [0.25, 0.3) is 0 Å². The van der Waals surface area contributed by atoms with Crippen LogP contribution in [-0.2, 0) is 4.74 Å². The van der Waals surface area contributed by atoms with Crippen molar-refractivity contribution >= 4 is 22.1 Å². The molecule has 0 N–H and O–H groups in total. The van der Waals surface area contributed by atoms with E-state index in [1.165, 1.54) is 0 Å². The van der Waals surface area contributed by atoms with Crippen LogP contribution in [0.3, 0.4) is 0 Å². The van der Waals surface area contributed by atoms with Crippen molar-refractivity contribution in [3.05, 3.63) is 46.6 Å². The van der Waals surface area contributed by atoms with E-state index in [9.17, 15) is 0 Å². The highest BCUT2D eigenvalue weighted by Gasteiger charge is 2.08. The van der Waals surface area contributed by atoms with Crippen LogP contribution in [0.25, 0.3) is 11.3 Å². The van der Waals surface area contributed by atoms with Gasteiger partial charge < -0.3 is 9.15 Å². The molecule has 1 aromatic heterocycles. The Hall–Kier alpha value is -1.59. The molecular weight excluding hydrogens is 320 g/mol. The number of hydrazone groups is 1. The van der Waals surface area contributed by atoms with Gasteiger partial charge in [-0.2, -0.15) is 5.10 Å². The maximum absolute atomic E-state index is 5.80. The summed E-state index contributed by atoms with van der Waals surface area (Å²) in [6.45, 7) is 3.12. The Morgan fingerprint density at radius 3 is 2.70 bits per heavy atom. The molecule has 2 heterocycles. The minimum atomic E-state index is 0.734. The highest BCUT2D eigenvalue weighted by atomic mass is 79.9. The average Bonchev–Trinajstić information content (AvgIpc) is 2.95. The molecule has 1 aromatic carbocycles. The third-order valence-corrected chi connectivity index (χ3v) is 3.79. The van der Waals surface area contributed by atoms with Gasteiger partial charge in [-0.1, -0.05) is 34.1 Å².